The van der Waals surface area contributed by atoms with E-state index in [0.29, 0.717) is 30.2 Å². The van der Waals surface area contributed by atoms with Crippen LogP contribution in [-0.2, 0) is 11.2 Å². The topological polar surface area (TPSA) is 73.6 Å². The number of nitrogens with one attached hydrogen (secondary N) is 1. The fourth-order valence-electron chi connectivity index (χ4n) is 2.22. The Morgan fingerprint density at radius 2 is 1.91 bits per heavy atom. The first-order valence-electron chi connectivity index (χ1n) is 7.55. The number of amides is 1. The molecule has 5 nitrogen and oxygen atoms in total. The number of rotatable bonds is 7. The Bertz CT molecular complexity index is 644. The summed E-state index contributed by atoms with van der Waals surface area (Å²) in [7, 11) is 1.56. The van der Waals surface area contributed by atoms with Crippen LogP contribution >= 0.6 is 0 Å². The number of methoxy groups -OCH3 is 1. The van der Waals surface area contributed by atoms with Crippen LogP contribution in [0.3, 0.4) is 0 Å². The lowest BCUT2D eigenvalue weighted by Gasteiger charge is -2.14. The lowest BCUT2D eigenvalue weighted by atomic mass is 10.1. The monoisotopic (exact) mass is 314 g/mol. The van der Waals surface area contributed by atoms with Gasteiger partial charge in [-0.15, -0.1) is 0 Å². The summed E-state index contributed by atoms with van der Waals surface area (Å²) < 4.78 is 10.7. The molecule has 0 spiro atoms. The molecule has 0 heterocycles. The summed E-state index contributed by atoms with van der Waals surface area (Å²) in [5, 5.41) is 2.81. The molecule has 0 fully saturated rings. The van der Waals surface area contributed by atoms with Gasteiger partial charge < -0.3 is 20.5 Å². The van der Waals surface area contributed by atoms with E-state index in [4.69, 9.17) is 15.2 Å². The number of hydrogen-bond acceptors (Lipinski definition) is 4. The van der Waals surface area contributed by atoms with E-state index in [2.05, 4.69) is 5.32 Å². The zero-order valence-corrected chi connectivity index (χ0v) is 13.4. The second-order valence-corrected chi connectivity index (χ2v) is 5.08. The number of nitrogens with two attached hydrogens (primary N) is 1. The van der Waals surface area contributed by atoms with E-state index in [9.17, 15) is 4.79 Å². The van der Waals surface area contributed by atoms with E-state index < -0.39 is 6.04 Å². The Kier molecular flexibility index (Phi) is 6.00. The van der Waals surface area contributed by atoms with Gasteiger partial charge in [-0.05, 0) is 31.0 Å². The summed E-state index contributed by atoms with van der Waals surface area (Å²) in [5.41, 5.74) is 7.63. The van der Waals surface area contributed by atoms with Crippen LogP contribution in [0.25, 0.3) is 0 Å². The van der Waals surface area contributed by atoms with Crippen molar-refractivity contribution in [3.63, 3.8) is 0 Å². The molecule has 0 aliphatic rings. The molecule has 0 aliphatic carbocycles. The van der Waals surface area contributed by atoms with Gasteiger partial charge in [-0.25, -0.2) is 0 Å². The van der Waals surface area contributed by atoms with E-state index >= 15 is 0 Å². The van der Waals surface area contributed by atoms with Crippen molar-refractivity contribution in [3.05, 3.63) is 54.1 Å². The highest BCUT2D eigenvalue weighted by molar-refractivity contribution is 5.95. The standard InChI is InChI=1S/C18H22N2O3/c1-3-23-16-10-9-14(12-17(16)22-2)20-18(21)15(19)11-13-7-5-4-6-8-13/h4-10,12,15H,3,11,19H2,1-2H3,(H,20,21). The highest BCUT2D eigenvalue weighted by atomic mass is 16.5. The second kappa shape index (κ2) is 8.19. The Morgan fingerprint density at radius 3 is 2.57 bits per heavy atom. The fraction of sp³-hybridized carbons (Fsp3) is 0.278. The van der Waals surface area contributed by atoms with Crippen LogP contribution in [0.15, 0.2) is 48.5 Å². The van der Waals surface area contributed by atoms with E-state index in [1.54, 1.807) is 25.3 Å². The van der Waals surface area contributed by atoms with Gasteiger partial charge in [0.25, 0.3) is 0 Å². The molecule has 2 rings (SSSR count). The molecule has 122 valence electrons. The number of benzene rings is 2. The predicted octanol–water partition coefficient (Wildman–Crippen LogP) is 2.60. The van der Waals surface area contributed by atoms with Gasteiger partial charge >= 0.3 is 0 Å². The predicted molar refractivity (Wildman–Crippen MR) is 90.9 cm³/mol. The van der Waals surface area contributed by atoms with Crippen LogP contribution in [0, 0.1) is 0 Å². The number of hydrogen-bond donors (Lipinski definition) is 2. The number of carbonyl (C=O) groups excluding carboxylic acids is 1. The van der Waals surface area contributed by atoms with E-state index in [-0.39, 0.29) is 5.91 Å². The van der Waals surface area contributed by atoms with Crippen LogP contribution < -0.4 is 20.5 Å². The molecule has 0 radical (unpaired) electrons. The molecule has 0 saturated carbocycles. The van der Waals surface area contributed by atoms with Gasteiger partial charge in [0, 0.05) is 11.8 Å². The minimum Gasteiger partial charge on any atom is -0.493 e. The first-order chi connectivity index (χ1) is 11.1. The summed E-state index contributed by atoms with van der Waals surface area (Å²) >= 11 is 0. The molecule has 1 unspecified atom stereocenters. The fourth-order valence-corrected chi connectivity index (χ4v) is 2.22. The third-order valence-electron chi connectivity index (χ3n) is 3.37. The minimum atomic E-state index is -0.616. The molecular weight excluding hydrogens is 292 g/mol. The quantitative estimate of drug-likeness (QED) is 0.824. The molecule has 2 aromatic carbocycles. The second-order valence-electron chi connectivity index (χ2n) is 5.08. The van der Waals surface area contributed by atoms with Gasteiger partial charge in [0.2, 0.25) is 5.91 Å². The average molecular weight is 314 g/mol. The average Bonchev–Trinajstić information content (AvgIpc) is 2.57. The molecular formula is C18H22N2O3. The Balaban J connectivity index is 2.01. The van der Waals surface area contributed by atoms with Crippen molar-refractivity contribution in [2.45, 2.75) is 19.4 Å². The largest absolute Gasteiger partial charge is 0.493 e. The van der Waals surface area contributed by atoms with Gasteiger partial charge in [0.05, 0.1) is 19.8 Å². The maximum atomic E-state index is 12.2. The smallest absolute Gasteiger partial charge is 0.241 e. The molecule has 23 heavy (non-hydrogen) atoms. The highest BCUT2D eigenvalue weighted by Gasteiger charge is 2.15. The minimum absolute atomic E-state index is 0.236. The summed E-state index contributed by atoms with van der Waals surface area (Å²) in [6.45, 7) is 2.45. The maximum Gasteiger partial charge on any atom is 0.241 e. The van der Waals surface area contributed by atoms with Gasteiger partial charge in [-0.2, -0.15) is 0 Å². The van der Waals surface area contributed by atoms with Crippen molar-refractivity contribution in [2.75, 3.05) is 19.0 Å². The van der Waals surface area contributed by atoms with Crippen molar-refractivity contribution >= 4 is 11.6 Å². The molecule has 0 aromatic heterocycles. The summed E-state index contributed by atoms with van der Waals surface area (Å²) in [6, 6.07) is 14.3. The molecule has 0 bridgehead atoms. The lowest BCUT2D eigenvalue weighted by Crippen LogP contribution is -2.37. The van der Waals surface area contributed by atoms with Crippen LogP contribution in [0.4, 0.5) is 5.69 Å². The lowest BCUT2D eigenvalue weighted by molar-refractivity contribution is -0.117. The molecule has 1 amide bonds. The normalized spacial score (nSPS) is 11.6. The van der Waals surface area contributed by atoms with Crippen LogP contribution in [0.5, 0.6) is 11.5 Å². The number of carbonyl (C=O) groups is 1. The van der Waals surface area contributed by atoms with Gasteiger partial charge in [-0.1, -0.05) is 30.3 Å². The van der Waals surface area contributed by atoms with Gasteiger partial charge in [-0.3, -0.25) is 4.79 Å². The number of anilines is 1. The molecule has 0 saturated heterocycles. The van der Waals surface area contributed by atoms with Crippen molar-refractivity contribution in [1.82, 2.24) is 0 Å². The highest BCUT2D eigenvalue weighted by Crippen LogP contribution is 2.30. The van der Waals surface area contributed by atoms with Gasteiger partial charge in [0.1, 0.15) is 0 Å². The van der Waals surface area contributed by atoms with E-state index in [0.717, 1.165) is 5.56 Å². The summed E-state index contributed by atoms with van der Waals surface area (Å²) in [4.78, 5) is 12.2. The van der Waals surface area contributed by atoms with Crippen molar-refractivity contribution < 1.29 is 14.3 Å². The van der Waals surface area contributed by atoms with Gasteiger partial charge in [0.15, 0.2) is 11.5 Å². The first kappa shape index (κ1) is 16.8. The molecule has 0 aliphatic heterocycles. The van der Waals surface area contributed by atoms with Crippen molar-refractivity contribution in [2.24, 2.45) is 5.73 Å². The summed E-state index contributed by atoms with van der Waals surface area (Å²) in [5.74, 6) is 0.975. The Labute approximate surface area is 136 Å². The molecule has 5 heteroatoms. The third-order valence-corrected chi connectivity index (χ3v) is 3.37. The third kappa shape index (κ3) is 4.72. The van der Waals surface area contributed by atoms with Crippen molar-refractivity contribution in [3.8, 4) is 11.5 Å². The zero-order valence-electron chi connectivity index (χ0n) is 13.4. The van der Waals surface area contributed by atoms with E-state index in [1.807, 2.05) is 37.3 Å². The Hall–Kier alpha value is -2.53. The van der Waals surface area contributed by atoms with Crippen molar-refractivity contribution in [1.29, 1.82) is 0 Å². The number of ether oxygens (including phenoxy) is 2. The molecule has 3 N–H and O–H groups in total. The van der Waals surface area contributed by atoms with Crippen LogP contribution in [0.1, 0.15) is 12.5 Å². The first-order valence-corrected chi connectivity index (χ1v) is 7.55. The SMILES string of the molecule is CCOc1ccc(NC(=O)C(N)Cc2ccccc2)cc1OC. The summed E-state index contributed by atoms with van der Waals surface area (Å²) in [6.07, 6.45) is 0.487. The van der Waals surface area contributed by atoms with Crippen LogP contribution in [-0.4, -0.2) is 25.7 Å². The zero-order chi connectivity index (χ0) is 16.7. The molecule has 2 aromatic rings. The Morgan fingerprint density at radius 1 is 1.17 bits per heavy atom. The van der Waals surface area contributed by atoms with Crippen LogP contribution in [0.2, 0.25) is 0 Å². The van der Waals surface area contributed by atoms with E-state index in [1.165, 1.54) is 0 Å². The molecule has 1 atom stereocenters. The maximum absolute atomic E-state index is 12.2.